The number of carboxylic acid groups (broad SMARTS) is 1. The fourth-order valence-electron chi connectivity index (χ4n) is 2.80. The SMILES string of the molecule is CC(C)Oc1ccc(C#N)cc1NC(=O)N1C[C@@H](C(F)(F)F)[C@H](C(=O)O)C1. The Kier molecular flexibility index (Phi) is 5.83. The minimum Gasteiger partial charge on any atom is -0.489 e. The predicted octanol–water partition coefficient (Wildman–Crippen LogP) is 3.07. The van der Waals surface area contributed by atoms with Gasteiger partial charge in [0.05, 0.1) is 35.3 Å². The summed E-state index contributed by atoms with van der Waals surface area (Å²) in [5.74, 6) is -5.23. The number of likely N-dealkylation sites (tertiary alicyclic amines) is 1. The van der Waals surface area contributed by atoms with Gasteiger partial charge in [0.2, 0.25) is 0 Å². The molecule has 0 saturated carbocycles. The zero-order chi connectivity index (χ0) is 20.4. The van der Waals surface area contributed by atoms with Crippen molar-refractivity contribution in [3.05, 3.63) is 23.8 Å². The van der Waals surface area contributed by atoms with Crippen molar-refractivity contribution in [2.24, 2.45) is 11.8 Å². The number of rotatable bonds is 4. The quantitative estimate of drug-likeness (QED) is 0.829. The molecular weight excluding hydrogens is 367 g/mol. The number of benzene rings is 1. The van der Waals surface area contributed by atoms with Crippen LogP contribution >= 0.6 is 0 Å². The van der Waals surface area contributed by atoms with Crippen LogP contribution in [0.3, 0.4) is 0 Å². The van der Waals surface area contributed by atoms with Gasteiger partial charge in [-0.3, -0.25) is 4.79 Å². The van der Waals surface area contributed by atoms with Gasteiger partial charge in [-0.15, -0.1) is 0 Å². The van der Waals surface area contributed by atoms with Gasteiger partial charge in [0.25, 0.3) is 0 Å². The van der Waals surface area contributed by atoms with Crippen LogP contribution in [0.2, 0.25) is 0 Å². The normalized spacial score (nSPS) is 19.7. The van der Waals surface area contributed by atoms with Crippen LogP contribution in [0.15, 0.2) is 18.2 Å². The zero-order valence-corrected chi connectivity index (χ0v) is 14.6. The summed E-state index contributed by atoms with van der Waals surface area (Å²) in [5.41, 5.74) is 0.342. The number of hydrogen-bond acceptors (Lipinski definition) is 4. The van der Waals surface area contributed by atoms with E-state index in [9.17, 15) is 22.8 Å². The molecule has 146 valence electrons. The number of amides is 2. The molecule has 2 N–H and O–H groups in total. The highest BCUT2D eigenvalue weighted by molar-refractivity contribution is 5.92. The zero-order valence-electron chi connectivity index (χ0n) is 14.6. The first kappa shape index (κ1) is 20.4. The van der Waals surface area contributed by atoms with Gasteiger partial charge in [0.15, 0.2) is 0 Å². The number of hydrogen-bond donors (Lipinski definition) is 2. The fourth-order valence-corrected chi connectivity index (χ4v) is 2.80. The number of halogens is 3. The predicted molar refractivity (Wildman–Crippen MR) is 88.2 cm³/mol. The van der Waals surface area contributed by atoms with E-state index in [2.05, 4.69) is 5.32 Å². The molecule has 0 bridgehead atoms. The van der Waals surface area contributed by atoms with Crippen LogP contribution in [0, 0.1) is 23.2 Å². The molecule has 0 aromatic heterocycles. The minimum absolute atomic E-state index is 0.120. The number of ether oxygens (including phenoxy) is 1. The summed E-state index contributed by atoms with van der Waals surface area (Å²) in [5, 5.41) is 20.4. The first-order chi connectivity index (χ1) is 12.5. The topological polar surface area (TPSA) is 103 Å². The molecule has 2 amide bonds. The van der Waals surface area contributed by atoms with Crippen LogP contribution in [0.5, 0.6) is 5.75 Å². The Hall–Kier alpha value is -2.96. The van der Waals surface area contributed by atoms with E-state index in [0.717, 1.165) is 4.90 Å². The first-order valence-electron chi connectivity index (χ1n) is 8.09. The lowest BCUT2D eigenvalue weighted by molar-refractivity contribution is -0.187. The Bertz CT molecular complexity index is 774. The molecule has 7 nitrogen and oxygen atoms in total. The third kappa shape index (κ3) is 4.81. The van der Waals surface area contributed by atoms with Crippen LogP contribution in [0.4, 0.5) is 23.7 Å². The number of nitrogens with zero attached hydrogens (tertiary/aromatic N) is 2. The number of nitrogens with one attached hydrogen (secondary N) is 1. The molecule has 1 aromatic carbocycles. The van der Waals surface area contributed by atoms with E-state index in [1.807, 2.05) is 6.07 Å². The van der Waals surface area contributed by atoms with Gasteiger partial charge in [0, 0.05) is 13.1 Å². The maximum atomic E-state index is 13.1. The van der Waals surface area contributed by atoms with Gasteiger partial charge in [-0.05, 0) is 32.0 Å². The third-order valence-corrected chi connectivity index (χ3v) is 4.06. The van der Waals surface area contributed by atoms with E-state index in [1.165, 1.54) is 18.2 Å². The van der Waals surface area contributed by atoms with Gasteiger partial charge < -0.3 is 20.1 Å². The molecule has 0 spiro atoms. The van der Waals surface area contributed by atoms with Crippen LogP contribution in [-0.4, -0.2) is 47.4 Å². The van der Waals surface area contributed by atoms with Crippen molar-refractivity contribution in [2.45, 2.75) is 26.1 Å². The van der Waals surface area contributed by atoms with Crippen LogP contribution < -0.4 is 10.1 Å². The van der Waals surface area contributed by atoms with Crippen molar-refractivity contribution in [2.75, 3.05) is 18.4 Å². The van der Waals surface area contributed by atoms with Crippen molar-refractivity contribution < 1.29 is 32.6 Å². The summed E-state index contributed by atoms with van der Waals surface area (Å²) < 4.78 is 44.7. The highest BCUT2D eigenvalue weighted by Crippen LogP contribution is 2.38. The van der Waals surface area contributed by atoms with Gasteiger partial charge in [-0.1, -0.05) is 0 Å². The second-order valence-corrected chi connectivity index (χ2v) is 6.42. The lowest BCUT2D eigenvalue weighted by atomic mass is 9.96. The second-order valence-electron chi connectivity index (χ2n) is 6.42. The van der Waals surface area contributed by atoms with Crippen molar-refractivity contribution in [1.29, 1.82) is 5.26 Å². The lowest BCUT2D eigenvalue weighted by Gasteiger charge is -2.20. The Morgan fingerprint density at radius 2 is 2.04 bits per heavy atom. The molecule has 1 saturated heterocycles. The van der Waals surface area contributed by atoms with Gasteiger partial charge >= 0.3 is 18.2 Å². The standard InChI is InChI=1S/C17H18F3N3O4/c1-9(2)27-14-4-3-10(6-21)5-13(14)22-16(26)23-7-11(15(24)25)12(8-23)17(18,19)20/h3-5,9,11-12H,7-8H2,1-2H3,(H,22,26)(H,24,25)/t11-,12-/m1/s1. The molecule has 0 unspecified atom stereocenters. The number of aliphatic carboxylic acids is 1. The van der Waals surface area contributed by atoms with Crippen LogP contribution in [-0.2, 0) is 4.79 Å². The van der Waals surface area contributed by atoms with Crippen molar-refractivity contribution in [3.63, 3.8) is 0 Å². The van der Waals surface area contributed by atoms with E-state index in [0.29, 0.717) is 0 Å². The Balaban J connectivity index is 2.22. The number of nitriles is 1. The van der Waals surface area contributed by atoms with E-state index in [-0.39, 0.29) is 23.1 Å². The Labute approximate surface area is 153 Å². The number of anilines is 1. The average molecular weight is 385 g/mol. The molecule has 1 aliphatic rings. The van der Waals surface area contributed by atoms with Crippen molar-refractivity contribution >= 4 is 17.7 Å². The smallest absolute Gasteiger partial charge is 0.394 e. The summed E-state index contributed by atoms with van der Waals surface area (Å²) in [6, 6.07) is 5.28. The lowest BCUT2D eigenvalue weighted by Crippen LogP contribution is -2.35. The Morgan fingerprint density at radius 1 is 1.37 bits per heavy atom. The molecule has 2 rings (SSSR count). The first-order valence-corrected chi connectivity index (χ1v) is 8.09. The second kappa shape index (κ2) is 7.73. The number of urea groups is 1. The summed E-state index contributed by atoms with van der Waals surface area (Å²) >= 11 is 0. The molecule has 27 heavy (non-hydrogen) atoms. The molecule has 2 atom stereocenters. The summed E-state index contributed by atoms with van der Waals surface area (Å²) in [6.45, 7) is 2.17. The number of carbonyl (C=O) groups is 2. The minimum atomic E-state index is -4.73. The fraction of sp³-hybridized carbons (Fsp3) is 0.471. The van der Waals surface area contributed by atoms with E-state index in [1.54, 1.807) is 13.8 Å². The molecule has 10 heteroatoms. The molecule has 1 aromatic rings. The van der Waals surface area contributed by atoms with Gasteiger partial charge in [0.1, 0.15) is 5.75 Å². The monoisotopic (exact) mass is 385 g/mol. The maximum Gasteiger partial charge on any atom is 0.394 e. The number of carbonyl (C=O) groups excluding carboxylic acids is 1. The van der Waals surface area contributed by atoms with Gasteiger partial charge in [-0.2, -0.15) is 18.4 Å². The third-order valence-electron chi connectivity index (χ3n) is 4.06. The summed E-state index contributed by atoms with van der Waals surface area (Å²) in [4.78, 5) is 24.3. The molecule has 1 heterocycles. The molecule has 1 fully saturated rings. The number of carboxylic acids is 1. The Morgan fingerprint density at radius 3 is 2.52 bits per heavy atom. The van der Waals surface area contributed by atoms with Gasteiger partial charge in [-0.25, -0.2) is 4.79 Å². The molecular formula is C17H18F3N3O4. The van der Waals surface area contributed by atoms with E-state index >= 15 is 0 Å². The van der Waals surface area contributed by atoms with Crippen molar-refractivity contribution in [3.8, 4) is 11.8 Å². The summed E-state index contributed by atoms with van der Waals surface area (Å²) in [7, 11) is 0. The summed E-state index contributed by atoms with van der Waals surface area (Å²) in [6.07, 6.45) is -4.98. The highest BCUT2D eigenvalue weighted by Gasteiger charge is 2.53. The molecule has 0 radical (unpaired) electrons. The van der Waals surface area contributed by atoms with E-state index in [4.69, 9.17) is 15.1 Å². The number of alkyl halides is 3. The average Bonchev–Trinajstić information content (AvgIpc) is 3.02. The molecule has 1 aliphatic heterocycles. The van der Waals surface area contributed by atoms with Crippen LogP contribution in [0.25, 0.3) is 0 Å². The maximum absolute atomic E-state index is 13.1. The highest BCUT2D eigenvalue weighted by atomic mass is 19.4. The van der Waals surface area contributed by atoms with Crippen molar-refractivity contribution in [1.82, 2.24) is 4.90 Å². The van der Waals surface area contributed by atoms with Crippen LogP contribution in [0.1, 0.15) is 19.4 Å². The van der Waals surface area contributed by atoms with E-state index < -0.39 is 43.1 Å². The molecule has 0 aliphatic carbocycles. The largest absolute Gasteiger partial charge is 0.489 e.